The van der Waals surface area contributed by atoms with Gasteiger partial charge in [-0.3, -0.25) is 0 Å². The highest BCUT2D eigenvalue weighted by molar-refractivity contribution is 5.46. The van der Waals surface area contributed by atoms with Gasteiger partial charge in [-0.1, -0.05) is 18.1 Å². The van der Waals surface area contributed by atoms with Gasteiger partial charge in [0.2, 0.25) is 0 Å². The van der Waals surface area contributed by atoms with Gasteiger partial charge in [0.25, 0.3) is 0 Å². The third-order valence-electron chi connectivity index (χ3n) is 2.57. The Labute approximate surface area is 85.8 Å². The quantitative estimate of drug-likeness (QED) is 0.672. The Kier molecular flexibility index (Phi) is 2.57. The van der Waals surface area contributed by atoms with Gasteiger partial charge >= 0.3 is 0 Å². The first-order valence-corrected chi connectivity index (χ1v) is 4.67. The maximum absolute atomic E-state index is 9.62. The molecule has 0 radical (unpaired) electrons. The van der Waals surface area contributed by atoms with Crippen molar-refractivity contribution >= 4 is 0 Å². The summed E-state index contributed by atoms with van der Waals surface area (Å²) in [6, 6.07) is 3.89. The standard InChI is InChI=1S/C13H16O/c1-6-13(4,5)11-7-9(2)12(14)10(3)8-11/h1,7-8,14H,2-5H3. The lowest BCUT2D eigenvalue weighted by Crippen LogP contribution is -2.14. The van der Waals surface area contributed by atoms with Crippen molar-refractivity contribution in [2.75, 3.05) is 0 Å². The molecule has 0 aliphatic rings. The number of aromatic hydroxyl groups is 1. The zero-order chi connectivity index (χ0) is 10.9. The van der Waals surface area contributed by atoms with E-state index in [0.29, 0.717) is 5.75 Å². The van der Waals surface area contributed by atoms with Crippen LogP contribution in [0.5, 0.6) is 5.75 Å². The van der Waals surface area contributed by atoms with E-state index < -0.39 is 0 Å². The molecule has 0 spiro atoms. The van der Waals surface area contributed by atoms with E-state index in [2.05, 4.69) is 5.92 Å². The topological polar surface area (TPSA) is 20.2 Å². The van der Waals surface area contributed by atoms with Gasteiger partial charge in [0.1, 0.15) is 5.75 Å². The zero-order valence-electron chi connectivity index (χ0n) is 9.18. The number of terminal acetylenes is 1. The van der Waals surface area contributed by atoms with E-state index >= 15 is 0 Å². The number of aryl methyl sites for hydroxylation is 2. The van der Waals surface area contributed by atoms with Gasteiger partial charge in [-0.15, -0.1) is 6.42 Å². The average molecular weight is 188 g/mol. The predicted molar refractivity (Wildman–Crippen MR) is 59.4 cm³/mol. The molecule has 1 aromatic carbocycles. The summed E-state index contributed by atoms with van der Waals surface area (Å²) in [6.07, 6.45) is 5.46. The van der Waals surface area contributed by atoms with Gasteiger partial charge in [-0.05, 0) is 44.4 Å². The van der Waals surface area contributed by atoms with Gasteiger partial charge < -0.3 is 5.11 Å². The zero-order valence-corrected chi connectivity index (χ0v) is 9.18. The van der Waals surface area contributed by atoms with E-state index in [1.54, 1.807) is 0 Å². The molecule has 0 saturated carbocycles. The first kappa shape index (κ1) is 10.7. The van der Waals surface area contributed by atoms with Crippen LogP contribution < -0.4 is 0 Å². The fourth-order valence-corrected chi connectivity index (χ4v) is 1.40. The summed E-state index contributed by atoms with van der Waals surface area (Å²) in [7, 11) is 0. The SMILES string of the molecule is C#CC(C)(C)c1cc(C)c(O)c(C)c1. The van der Waals surface area contributed by atoms with E-state index in [4.69, 9.17) is 6.42 Å². The summed E-state index contributed by atoms with van der Waals surface area (Å²) in [5.41, 5.74) is 2.56. The van der Waals surface area contributed by atoms with Gasteiger partial charge in [0.15, 0.2) is 0 Å². The maximum Gasteiger partial charge on any atom is 0.121 e. The Hall–Kier alpha value is -1.42. The van der Waals surface area contributed by atoms with Crippen molar-refractivity contribution in [3.63, 3.8) is 0 Å². The summed E-state index contributed by atoms with van der Waals surface area (Å²) in [4.78, 5) is 0. The highest BCUT2D eigenvalue weighted by atomic mass is 16.3. The molecule has 0 atom stereocenters. The average Bonchev–Trinajstić information content (AvgIpc) is 2.13. The minimum Gasteiger partial charge on any atom is -0.507 e. The molecular formula is C13H16O. The molecule has 0 saturated heterocycles. The highest BCUT2D eigenvalue weighted by Gasteiger charge is 2.18. The van der Waals surface area contributed by atoms with Crippen molar-refractivity contribution < 1.29 is 5.11 Å². The predicted octanol–water partition coefficient (Wildman–Crippen LogP) is 2.92. The monoisotopic (exact) mass is 188 g/mol. The Morgan fingerprint density at radius 3 is 2.00 bits per heavy atom. The molecule has 0 aromatic heterocycles. The largest absolute Gasteiger partial charge is 0.507 e. The van der Waals surface area contributed by atoms with Crippen LogP contribution in [0.3, 0.4) is 0 Å². The molecule has 1 heteroatoms. The first-order valence-electron chi connectivity index (χ1n) is 4.67. The van der Waals surface area contributed by atoms with E-state index in [-0.39, 0.29) is 5.41 Å². The van der Waals surface area contributed by atoms with Crippen molar-refractivity contribution in [2.45, 2.75) is 33.1 Å². The fourth-order valence-electron chi connectivity index (χ4n) is 1.40. The van der Waals surface area contributed by atoms with E-state index in [9.17, 15) is 5.11 Å². The maximum atomic E-state index is 9.62. The van der Waals surface area contributed by atoms with Gasteiger partial charge in [-0.25, -0.2) is 0 Å². The number of hydrogen-bond acceptors (Lipinski definition) is 1. The lowest BCUT2D eigenvalue weighted by Gasteiger charge is -2.20. The third-order valence-corrected chi connectivity index (χ3v) is 2.57. The molecule has 1 rings (SSSR count). The molecule has 0 heterocycles. The smallest absolute Gasteiger partial charge is 0.121 e. The molecule has 1 aromatic rings. The van der Waals surface area contributed by atoms with E-state index in [1.165, 1.54) is 0 Å². The number of benzene rings is 1. The second-order valence-electron chi connectivity index (χ2n) is 4.23. The number of phenolic OH excluding ortho intramolecular Hbond substituents is 1. The molecule has 1 N–H and O–H groups in total. The molecule has 0 amide bonds. The first-order chi connectivity index (χ1) is 6.38. The highest BCUT2D eigenvalue weighted by Crippen LogP contribution is 2.29. The van der Waals surface area contributed by atoms with Crippen LogP contribution in [0, 0.1) is 26.2 Å². The van der Waals surface area contributed by atoms with Crippen LogP contribution in [0.2, 0.25) is 0 Å². The van der Waals surface area contributed by atoms with Crippen LogP contribution in [-0.4, -0.2) is 5.11 Å². The van der Waals surface area contributed by atoms with Crippen LogP contribution in [0.1, 0.15) is 30.5 Å². The van der Waals surface area contributed by atoms with Gasteiger partial charge in [0.05, 0.1) is 5.41 Å². The molecule has 0 fully saturated rings. The van der Waals surface area contributed by atoms with Gasteiger partial charge in [-0.2, -0.15) is 0 Å². The molecular weight excluding hydrogens is 172 g/mol. The Bertz CT molecular complexity index is 371. The van der Waals surface area contributed by atoms with Crippen LogP contribution in [-0.2, 0) is 5.41 Å². The molecule has 0 aliphatic heterocycles. The number of rotatable bonds is 1. The van der Waals surface area contributed by atoms with Crippen molar-refractivity contribution in [1.82, 2.24) is 0 Å². The third kappa shape index (κ3) is 1.75. The molecule has 74 valence electrons. The van der Waals surface area contributed by atoms with E-state index in [0.717, 1.165) is 16.7 Å². The van der Waals surface area contributed by atoms with Crippen LogP contribution in [0.25, 0.3) is 0 Å². The summed E-state index contributed by atoms with van der Waals surface area (Å²) in [5.74, 6) is 3.11. The normalized spacial score (nSPS) is 11.1. The second kappa shape index (κ2) is 3.38. The van der Waals surface area contributed by atoms with Crippen LogP contribution in [0.15, 0.2) is 12.1 Å². The minimum absolute atomic E-state index is 0.275. The van der Waals surface area contributed by atoms with Crippen molar-refractivity contribution in [3.05, 3.63) is 28.8 Å². The fraction of sp³-hybridized carbons (Fsp3) is 0.385. The minimum atomic E-state index is -0.275. The van der Waals surface area contributed by atoms with Crippen molar-refractivity contribution in [1.29, 1.82) is 0 Å². The van der Waals surface area contributed by atoms with Gasteiger partial charge in [0, 0.05) is 0 Å². The molecule has 14 heavy (non-hydrogen) atoms. The number of phenols is 1. The molecule has 0 aliphatic carbocycles. The second-order valence-corrected chi connectivity index (χ2v) is 4.23. The molecule has 1 nitrogen and oxygen atoms in total. The van der Waals surface area contributed by atoms with E-state index in [1.807, 2.05) is 39.8 Å². The lowest BCUT2D eigenvalue weighted by molar-refractivity contribution is 0.466. The van der Waals surface area contributed by atoms with Crippen LogP contribution >= 0.6 is 0 Å². The summed E-state index contributed by atoms with van der Waals surface area (Å²) >= 11 is 0. The van der Waals surface area contributed by atoms with Crippen molar-refractivity contribution in [2.24, 2.45) is 0 Å². The Morgan fingerprint density at radius 1 is 1.21 bits per heavy atom. The Balaban J connectivity index is 3.35. The summed E-state index contributed by atoms with van der Waals surface area (Å²) in [5, 5.41) is 9.62. The Morgan fingerprint density at radius 2 is 1.64 bits per heavy atom. The molecule has 0 bridgehead atoms. The summed E-state index contributed by atoms with van der Waals surface area (Å²) < 4.78 is 0. The summed E-state index contributed by atoms with van der Waals surface area (Å²) in [6.45, 7) is 7.77. The molecule has 0 unspecified atom stereocenters. The van der Waals surface area contributed by atoms with Crippen LogP contribution in [0.4, 0.5) is 0 Å². The van der Waals surface area contributed by atoms with Crippen molar-refractivity contribution in [3.8, 4) is 18.1 Å². The lowest BCUT2D eigenvalue weighted by atomic mass is 9.84. The number of hydrogen-bond donors (Lipinski definition) is 1.